The van der Waals surface area contributed by atoms with E-state index >= 15 is 0 Å². The molecule has 0 amide bonds. The molecule has 90 valence electrons. The van der Waals surface area contributed by atoms with Crippen LogP contribution in [0.5, 0.6) is 0 Å². The van der Waals surface area contributed by atoms with E-state index in [0.29, 0.717) is 19.6 Å². The highest BCUT2D eigenvalue weighted by Gasteiger charge is 1.88. The van der Waals surface area contributed by atoms with Crippen LogP contribution in [0, 0.1) is 6.92 Å². The summed E-state index contributed by atoms with van der Waals surface area (Å²) < 4.78 is 9.52. The third-order valence-corrected chi connectivity index (χ3v) is 1.87. The van der Waals surface area contributed by atoms with Gasteiger partial charge in [-0.05, 0) is 12.5 Å². The summed E-state index contributed by atoms with van der Waals surface area (Å²) in [4.78, 5) is 9.48. The van der Waals surface area contributed by atoms with Gasteiger partial charge >= 0.3 is 0 Å². The van der Waals surface area contributed by atoms with Gasteiger partial charge in [0, 0.05) is 20.6 Å². The van der Waals surface area contributed by atoms with Gasteiger partial charge < -0.3 is 14.3 Å². The number of ether oxygens (including phenoxy) is 2. The molecule has 3 heteroatoms. The Morgan fingerprint density at radius 2 is 1.75 bits per heavy atom. The van der Waals surface area contributed by atoms with Crippen LogP contribution in [0.3, 0.4) is 0 Å². The smallest absolute Gasteiger partial charge is 0.122 e. The van der Waals surface area contributed by atoms with Gasteiger partial charge in [0.1, 0.15) is 6.29 Å². The standard InChI is InChI=1S/C9H12O.C4H8O2/c1-8-3-5-9(6-4-8)7-10-2;1-6-4-2-3-5/h3-6H,7H2,1-2H3;3H,2,4H2,1H3. The van der Waals surface area contributed by atoms with Crippen molar-refractivity contribution in [2.75, 3.05) is 20.8 Å². The lowest BCUT2D eigenvalue weighted by Gasteiger charge is -1.98. The summed E-state index contributed by atoms with van der Waals surface area (Å²) >= 11 is 0. The number of hydrogen-bond acceptors (Lipinski definition) is 3. The van der Waals surface area contributed by atoms with E-state index in [9.17, 15) is 4.79 Å². The second kappa shape index (κ2) is 10.3. The van der Waals surface area contributed by atoms with Crippen LogP contribution in [0.15, 0.2) is 24.3 Å². The van der Waals surface area contributed by atoms with E-state index in [2.05, 4.69) is 35.9 Å². The monoisotopic (exact) mass is 224 g/mol. The van der Waals surface area contributed by atoms with Crippen molar-refractivity contribution in [2.45, 2.75) is 20.0 Å². The predicted molar refractivity (Wildman–Crippen MR) is 64.4 cm³/mol. The molecule has 0 saturated carbocycles. The first-order valence-electron chi connectivity index (χ1n) is 5.21. The number of benzene rings is 1. The Kier molecular flexibility index (Phi) is 9.56. The molecule has 0 aliphatic heterocycles. The van der Waals surface area contributed by atoms with Crippen LogP contribution in [0.1, 0.15) is 17.5 Å². The fourth-order valence-electron chi connectivity index (χ4n) is 1.02. The Labute approximate surface area is 97.4 Å². The number of carbonyl (C=O) groups is 1. The summed E-state index contributed by atoms with van der Waals surface area (Å²) in [6, 6.07) is 8.35. The molecule has 0 aliphatic rings. The van der Waals surface area contributed by atoms with Crippen LogP contribution in [0.4, 0.5) is 0 Å². The van der Waals surface area contributed by atoms with Gasteiger partial charge in [0.05, 0.1) is 13.2 Å². The highest BCUT2D eigenvalue weighted by molar-refractivity contribution is 5.49. The van der Waals surface area contributed by atoms with E-state index in [1.54, 1.807) is 14.2 Å². The second-order valence-electron chi connectivity index (χ2n) is 3.37. The van der Waals surface area contributed by atoms with Crippen LogP contribution >= 0.6 is 0 Å². The van der Waals surface area contributed by atoms with Crippen molar-refractivity contribution in [1.29, 1.82) is 0 Å². The number of aryl methyl sites for hydroxylation is 1. The zero-order chi connectivity index (χ0) is 12.2. The summed E-state index contributed by atoms with van der Waals surface area (Å²) in [6.07, 6.45) is 1.35. The number of hydrogen-bond donors (Lipinski definition) is 0. The van der Waals surface area contributed by atoms with Crippen molar-refractivity contribution in [3.8, 4) is 0 Å². The Balaban J connectivity index is 0.000000325. The van der Waals surface area contributed by atoms with Crippen LogP contribution in [-0.4, -0.2) is 27.1 Å². The van der Waals surface area contributed by atoms with Crippen molar-refractivity contribution in [2.24, 2.45) is 0 Å². The van der Waals surface area contributed by atoms with Gasteiger partial charge in [0.25, 0.3) is 0 Å². The fraction of sp³-hybridized carbons (Fsp3) is 0.462. The molecule has 0 atom stereocenters. The minimum absolute atomic E-state index is 0.510. The average molecular weight is 224 g/mol. The minimum atomic E-state index is 0.510. The van der Waals surface area contributed by atoms with Gasteiger partial charge in [-0.25, -0.2) is 0 Å². The van der Waals surface area contributed by atoms with Gasteiger partial charge in [-0.3, -0.25) is 0 Å². The lowest BCUT2D eigenvalue weighted by atomic mass is 10.2. The molecule has 3 nitrogen and oxygen atoms in total. The SMILES string of the molecule is COCCC=O.COCc1ccc(C)cc1. The lowest BCUT2D eigenvalue weighted by Crippen LogP contribution is -1.86. The molecule has 0 heterocycles. The molecular weight excluding hydrogens is 204 g/mol. The van der Waals surface area contributed by atoms with Gasteiger partial charge in [0.15, 0.2) is 0 Å². The highest BCUT2D eigenvalue weighted by Crippen LogP contribution is 2.03. The first-order valence-corrected chi connectivity index (χ1v) is 5.21. The molecule has 1 aromatic rings. The molecule has 16 heavy (non-hydrogen) atoms. The first-order chi connectivity index (χ1) is 7.74. The molecule has 0 fully saturated rings. The van der Waals surface area contributed by atoms with Crippen LogP contribution in [-0.2, 0) is 20.9 Å². The van der Waals surface area contributed by atoms with Crippen LogP contribution in [0.2, 0.25) is 0 Å². The Bertz CT molecular complexity index is 267. The van der Waals surface area contributed by atoms with Crippen LogP contribution < -0.4 is 0 Å². The largest absolute Gasteiger partial charge is 0.384 e. The lowest BCUT2D eigenvalue weighted by molar-refractivity contribution is -0.108. The maximum absolute atomic E-state index is 9.48. The number of aldehydes is 1. The third-order valence-electron chi connectivity index (χ3n) is 1.87. The average Bonchev–Trinajstić information content (AvgIpc) is 2.31. The highest BCUT2D eigenvalue weighted by atomic mass is 16.5. The van der Waals surface area contributed by atoms with Gasteiger partial charge in [-0.15, -0.1) is 0 Å². The minimum Gasteiger partial charge on any atom is -0.384 e. The summed E-state index contributed by atoms with van der Waals surface area (Å²) in [5.74, 6) is 0. The number of rotatable bonds is 5. The summed E-state index contributed by atoms with van der Waals surface area (Å²) in [5.41, 5.74) is 2.52. The van der Waals surface area contributed by atoms with Gasteiger partial charge in [-0.1, -0.05) is 29.8 Å². The van der Waals surface area contributed by atoms with Gasteiger partial charge in [0.2, 0.25) is 0 Å². The van der Waals surface area contributed by atoms with E-state index in [0.717, 1.165) is 6.29 Å². The fourth-order valence-corrected chi connectivity index (χ4v) is 1.02. The van der Waals surface area contributed by atoms with E-state index in [-0.39, 0.29) is 0 Å². The molecule has 1 rings (SSSR count). The van der Waals surface area contributed by atoms with Crippen molar-refractivity contribution in [1.82, 2.24) is 0 Å². The normalized spacial score (nSPS) is 9.19. The van der Waals surface area contributed by atoms with Crippen molar-refractivity contribution in [3.05, 3.63) is 35.4 Å². The van der Waals surface area contributed by atoms with E-state index < -0.39 is 0 Å². The van der Waals surface area contributed by atoms with Gasteiger partial charge in [-0.2, -0.15) is 0 Å². The van der Waals surface area contributed by atoms with Crippen molar-refractivity contribution in [3.63, 3.8) is 0 Å². The predicted octanol–water partition coefficient (Wildman–Crippen LogP) is 2.36. The maximum Gasteiger partial charge on any atom is 0.122 e. The molecule has 1 aromatic carbocycles. The molecule has 0 radical (unpaired) electrons. The Hall–Kier alpha value is -1.19. The first kappa shape index (κ1) is 14.8. The third kappa shape index (κ3) is 8.15. The van der Waals surface area contributed by atoms with E-state index in [1.165, 1.54) is 11.1 Å². The molecular formula is C13H20O3. The molecule has 0 N–H and O–H groups in total. The molecule has 0 spiro atoms. The maximum atomic E-state index is 9.48. The number of methoxy groups -OCH3 is 2. The van der Waals surface area contributed by atoms with E-state index in [1.807, 2.05) is 0 Å². The zero-order valence-corrected chi connectivity index (χ0v) is 10.2. The van der Waals surface area contributed by atoms with Crippen molar-refractivity contribution < 1.29 is 14.3 Å². The summed E-state index contributed by atoms with van der Waals surface area (Å²) in [7, 11) is 3.28. The van der Waals surface area contributed by atoms with Crippen molar-refractivity contribution >= 4 is 6.29 Å². The Morgan fingerprint density at radius 1 is 1.12 bits per heavy atom. The summed E-state index contributed by atoms with van der Waals surface area (Å²) in [6.45, 7) is 3.33. The van der Waals surface area contributed by atoms with E-state index in [4.69, 9.17) is 4.74 Å². The molecule has 0 aliphatic carbocycles. The quantitative estimate of drug-likeness (QED) is 0.569. The molecule has 0 unspecified atom stereocenters. The Morgan fingerprint density at radius 3 is 2.12 bits per heavy atom. The molecule has 0 aromatic heterocycles. The number of carbonyl (C=O) groups excluding carboxylic acids is 1. The molecule has 0 bridgehead atoms. The summed E-state index contributed by atoms with van der Waals surface area (Å²) in [5, 5.41) is 0. The zero-order valence-electron chi connectivity index (χ0n) is 10.2. The topological polar surface area (TPSA) is 35.5 Å². The van der Waals surface area contributed by atoms with Crippen LogP contribution in [0.25, 0.3) is 0 Å². The molecule has 0 saturated heterocycles. The second-order valence-corrected chi connectivity index (χ2v) is 3.37.